The summed E-state index contributed by atoms with van der Waals surface area (Å²) in [6.45, 7) is 1.91. The molecule has 1 aromatic carbocycles. The molecule has 1 aliphatic carbocycles. The number of amidine groups is 1. The van der Waals surface area contributed by atoms with Crippen LogP contribution in [-0.2, 0) is 5.41 Å². The van der Waals surface area contributed by atoms with Gasteiger partial charge in [0.1, 0.15) is 5.84 Å². The van der Waals surface area contributed by atoms with E-state index < -0.39 is 0 Å². The van der Waals surface area contributed by atoms with Crippen LogP contribution in [0, 0.1) is 5.92 Å². The number of aliphatic imine (C=N–C) groups is 1. The Balaban J connectivity index is 1.50. The second-order valence-electron chi connectivity index (χ2n) is 7.79. The smallest absolute Gasteiger partial charge is 0.111 e. The van der Waals surface area contributed by atoms with Crippen LogP contribution in [-0.4, -0.2) is 38.2 Å². The fraction of sp³-hybridized carbons (Fsp3) is 0.579. The zero-order chi connectivity index (χ0) is 17.9. The van der Waals surface area contributed by atoms with Crippen molar-refractivity contribution >= 4 is 46.6 Å². The molecule has 1 spiro atoms. The molecule has 0 radical (unpaired) electrons. The standard InChI is InChI=1S/C19H23Cl2N5/c1-22-18-19(5-3-6-19)12-8-13(20)17(15(21)16(12)25-18)26-10-11(9-24-26)14-4-2-7-23-14/h8-9,11,14,23H,2-7,10H2,1H3,(H,22,25)/t11?,14-/m0/s1. The van der Waals surface area contributed by atoms with E-state index in [1.54, 1.807) is 0 Å². The van der Waals surface area contributed by atoms with Gasteiger partial charge in [-0.25, -0.2) is 0 Å². The molecule has 2 N–H and O–H groups in total. The van der Waals surface area contributed by atoms with Crippen molar-refractivity contribution in [2.45, 2.75) is 43.6 Å². The summed E-state index contributed by atoms with van der Waals surface area (Å²) in [6, 6.07) is 2.59. The largest absolute Gasteiger partial charge is 0.342 e. The molecule has 7 heteroatoms. The molecular weight excluding hydrogens is 369 g/mol. The van der Waals surface area contributed by atoms with Crippen LogP contribution in [0.15, 0.2) is 16.2 Å². The highest BCUT2D eigenvalue weighted by atomic mass is 35.5. The third-order valence-corrected chi connectivity index (χ3v) is 7.15. The van der Waals surface area contributed by atoms with Crippen molar-refractivity contribution in [2.24, 2.45) is 16.0 Å². The van der Waals surface area contributed by atoms with Gasteiger partial charge in [0.05, 0.1) is 33.4 Å². The van der Waals surface area contributed by atoms with E-state index in [4.69, 9.17) is 23.2 Å². The highest BCUT2D eigenvalue weighted by Crippen LogP contribution is 2.56. The lowest BCUT2D eigenvalue weighted by Crippen LogP contribution is -2.41. The number of halogens is 2. The van der Waals surface area contributed by atoms with Gasteiger partial charge in [0, 0.05) is 25.2 Å². The Labute approximate surface area is 163 Å². The second kappa shape index (κ2) is 6.11. The summed E-state index contributed by atoms with van der Waals surface area (Å²) in [6.07, 6.45) is 7.90. The minimum atomic E-state index is -0.0134. The number of anilines is 2. The van der Waals surface area contributed by atoms with Gasteiger partial charge in [-0.05, 0) is 43.9 Å². The Morgan fingerprint density at radius 3 is 2.81 bits per heavy atom. The Hall–Kier alpha value is -1.30. The lowest BCUT2D eigenvalue weighted by Gasteiger charge is -2.38. The maximum atomic E-state index is 6.84. The van der Waals surface area contributed by atoms with Gasteiger partial charge < -0.3 is 10.6 Å². The fourth-order valence-corrected chi connectivity index (χ4v) is 5.63. The summed E-state index contributed by atoms with van der Waals surface area (Å²) in [5, 5.41) is 15.0. The molecule has 1 aromatic rings. The first-order chi connectivity index (χ1) is 12.6. The summed E-state index contributed by atoms with van der Waals surface area (Å²) >= 11 is 13.6. The molecule has 1 saturated heterocycles. The van der Waals surface area contributed by atoms with Crippen molar-refractivity contribution in [1.29, 1.82) is 0 Å². The van der Waals surface area contributed by atoms with Crippen LogP contribution in [0.4, 0.5) is 11.4 Å². The topological polar surface area (TPSA) is 52.0 Å². The summed E-state index contributed by atoms with van der Waals surface area (Å²) in [7, 11) is 1.84. The molecule has 5 rings (SSSR count). The number of hydrogen-bond donors (Lipinski definition) is 2. The fourth-order valence-electron chi connectivity index (χ4n) is 4.93. The molecule has 3 heterocycles. The third kappa shape index (κ3) is 2.26. The van der Waals surface area contributed by atoms with Crippen LogP contribution in [0.3, 0.4) is 0 Å². The molecule has 26 heavy (non-hydrogen) atoms. The maximum Gasteiger partial charge on any atom is 0.111 e. The average Bonchev–Trinajstić information content (AvgIpc) is 3.31. The maximum absolute atomic E-state index is 6.84. The number of fused-ring (bicyclic) bond motifs is 2. The SMILES string of the molecule is CN=C1Nc2c(cc(Cl)c(N3CC([C@@H]4CCCN4)C=N3)c2Cl)C12CCC2. The minimum absolute atomic E-state index is 0.0134. The highest BCUT2D eigenvalue weighted by Gasteiger charge is 2.50. The lowest BCUT2D eigenvalue weighted by atomic mass is 9.65. The van der Waals surface area contributed by atoms with Gasteiger partial charge in [-0.2, -0.15) is 5.10 Å². The quantitative estimate of drug-likeness (QED) is 0.799. The minimum Gasteiger partial charge on any atom is -0.342 e. The van der Waals surface area contributed by atoms with E-state index in [-0.39, 0.29) is 5.41 Å². The van der Waals surface area contributed by atoms with Crippen molar-refractivity contribution in [3.63, 3.8) is 0 Å². The van der Waals surface area contributed by atoms with Crippen LogP contribution in [0.5, 0.6) is 0 Å². The van der Waals surface area contributed by atoms with Gasteiger partial charge in [-0.3, -0.25) is 10.0 Å². The van der Waals surface area contributed by atoms with E-state index in [1.807, 2.05) is 18.3 Å². The second-order valence-corrected chi connectivity index (χ2v) is 8.57. The molecule has 3 aliphatic heterocycles. The molecule has 4 aliphatic rings. The van der Waals surface area contributed by atoms with E-state index in [0.29, 0.717) is 22.0 Å². The average molecular weight is 392 g/mol. The number of nitrogens with zero attached hydrogens (tertiary/aromatic N) is 3. The zero-order valence-electron chi connectivity index (χ0n) is 14.9. The molecule has 0 bridgehead atoms. The van der Waals surface area contributed by atoms with E-state index in [0.717, 1.165) is 43.1 Å². The third-order valence-electron chi connectivity index (χ3n) is 6.49. The molecule has 2 atom stereocenters. The van der Waals surface area contributed by atoms with Crippen LogP contribution in [0.2, 0.25) is 10.0 Å². The van der Waals surface area contributed by atoms with Crippen molar-refractivity contribution in [3.05, 3.63) is 21.7 Å². The van der Waals surface area contributed by atoms with E-state index >= 15 is 0 Å². The molecule has 0 amide bonds. The molecule has 2 fully saturated rings. The van der Waals surface area contributed by atoms with Gasteiger partial charge in [0.25, 0.3) is 0 Å². The zero-order valence-corrected chi connectivity index (χ0v) is 16.4. The van der Waals surface area contributed by atoms with Gasteiger partial charge in [-0.1, -0.05) is 29.6 Å². The molecule has 1 unspecified atom stereocenters. The number of rotatable bonds is 2. The van der Waals surface area contributed by atoms with Gasteiger partial charge in [0.15, 0.2) is 0 Å². The Bertz CT molecular complexity index is 809. The van der Waals surface area contributed by atoms with Crippen LogP contribution < -0.4 is 15.6 Å². The number of hydrogen-bond acceptors (Lipinski definition) is 4. The summed E-state index contributed by atoms with van der Waals surface area (Å²) < 4.78 is 0. The number of nitrogens with one attached hydrogen (secondary N) is 2. The molecular formula is C19H23Cl2N5. The highest BCUT2D eigenvalue weighted by molar-refractivity contribution is 6.42. The monoisotopic (exact) mass is 391 g/mol. The first kappa shape index (κ1) is 16.8. The van der Waals surface area contributed by atoms with E-state index in [9.17, 15) is 0 Å². The van der Waals surface area contributed by atoms with Gasteiger partial charge in [-0.15, -0.1) is 0 Å². The molecule has 138 valence electrons. The van der Waals surface area contributed by atoms with Crippen LogP contribution in [0.1, 0.15) is 37.7 Å². The Kier molecular flexibility index (Phi) is 3.96. The predicted molar refractivity (Wildman–Crippen MR) is 109 cm³/mol. The molecule has 0 aromatic heterocycles. The van der Waals surface area contributed by atoms with Crippen LogP contribution >= 0.6 is 23.2 Å². The normalized spacial score (nSPS) is 30.1. The first-order valence-corrected chi connectivity index (χ1v) is 10.2. The van der Waals surface area contributed by atoms with Crippen molar-refractivity contribution in [1.82, 2.24) is 5.32 Å². The summed E-state index contributed by atoms with van der Waals surface area (Å²) in [5.74, 6) is 1.42. The van der Waals surface area contributed by atoms with Crippen LogP contribution in [0.25, 0.3) is 0 Å². The Morgan fingerprint density at radius 2 is 2.15 bits per heavy atom. The van der Waals surface area contributed by atoms with Gasteiger partial charge in [0.2, 0.25) is 0 Å². The summed E-state index contributed by atoms with van der Waals surface area (Å²) in [5.41, 5.74) is 2.95. The first-order valence-electron chi connectivity index (χ1n) is 9.46. The van der Waals surface area contributed by atoms with Crippen molar-refractivity contribution in [2.75, 3.05) is 30.5 Å². The summed E-state index contributed by atoms with van der Waals surface area (Å²) in [4.78, 5) is 4.49. The van der Waals surface area contributed by atoms with E-state index in [2.05, 4.69) is 26.8 Å². The predicted octanol–water partition coefficient (Wildman–Crippen LogP) is 4.04. The van der Waals surface area contributed by atoms with Crippen molar-refractivity contribution < 1.29 is 0 Å². The lowest BCUT2D eigenvalue weighted by molar-refractivity contribution is 0.347. The number of benzene rings is 1. The Morgan fingerprint density at radius 1 is 1.31 bits per heavy atom. The van der Waals surface area contributed by atoms with Gasteiger partial charge >= 0.3 is 0 Å². The van der Waals surface area contributed by atoms with Crippen molar-refractivity contribution in [3.8, 4) is 0 Å². The molecule has 1 saturated carbocycles. The number of hydrazone groups is 1. The van der Waals surface area contributed by atoms with E-state index in [1.165, 1.54) is 24.8 Å². The molecule has 5 nitrogen and oxygen atoms in total.